The average Bonchev–Trinajstić information content (AvgIpc) is 2.58. The van der Waals surface area contributed by atoms with E-state index in [1.807, 2.05) is 31.2 Å². The van der Waals surface area contributed by atoms with Crippen LogP contribution in [-0.2, 0) is 4.79 Å². The first-order valence-corrected chi connectivity index (χ1v) is 9.29. The molecule has 0 heterocycles. The third-order valence-electron chi connectivity index (χ3n) is 3.59. The molecule has 0 fully saturated rings. The highest BCUT2D eigenvalue weighted by Gasteiger charge is 2.10. The molecule has 0 radical (unpaired) electrons. The van der Waals surface area contributed by atoms with Gasteiger partial charge in [0.2, 0.25) is 5.91 Å². The van der Waals surface area contributed by atoms with Crippen molar-refractivity contribution in [3.63, 3.8) is 0 Å². The molecule has 8 heteroatoms. The van der Waals surface area contributed by atoms with Gasteiger partial charge in [-0.25, -0.2) is 4.99 Å². The number of hydrogen-bond donors (Lipinski definition) is 2. The SMILES string of the molecule is CCC(C)NC(=NCC(=O)N(C)C)NCC(C)Oc1ccccc1Br.I. The number of amides is 1. The molecule has 0 aliphatic carbocycles. The molecule has 148 valence electrons. The van der Waals surface area contributed by atoms with Crippen LogP contribution in [0, 0.1) is 0 Å². The van der Waals surface area contributed by atoms with E-state index in [0.717, 1.165) is 16.6 Å². The fraction of sp³-hybridized carbons (Fsp3) is 0.556. The summed E-state index contributed by atoms with van der Waals surface area (Å²) in [6, 6.07) is 8.01. The van der Waals surface area contributed by atoms with E-state index in [1.165, 1.54) is 4.90 Å². The fourth-order valence-electron chi connectivity index (χ4n) is 1.82. The van der Waals surface area contributed by atoms with Gasteiger partial charge in [0.15, 0.2) is 5.96 Å². The van der Waals surface area contributed by atoms with Gasteiger partial charge in [-0.2, -0.15) is 0 Å². The predicted octanol–water partition coefficient (Wildman–Crippen LogP) is 3.26. The molecule has 2 atom stereocenters. The van der Waals surface area contributed by atoms with Crippen molar-refractivity contribution in [2.24, 2.45) is 4.99 Å². The summed E-state index contributed by atoms with van der Waals surface area (Å²) >= 11 is 3.48. The van der Waals surface area contributed by atoms with Crippen LogP contribution in [-0.4, -0.2) is 56.1 Å². The van der Waals surface area contributed by atoms with Gasteiger partial charge < -0.3 is 20.3 Å². The number of carbonyl (C=O) groups is 1. The lowest BCUT2D eigenvalue weighted by Crippen LogP contribution is -2.45. The maximum absolute atomic E-state index is 11.8. The Bertz CT molecular complexity index is 584. The molecule has 1 rings (SSSR count). The van der Waals surface area contributed by atoms with Crippen LogP contribution in [0.2, 0.25) is 0 Å². The van der Waals surface area contributed by atoms with Crippen molar-refractivity contribution in [1.29, 1.82) is 0 Å². The first-order chi connectivity index (χ1) is 11.8. The molecule has 1 aromatic rings. The van der Waals surface area contributed by atoms with Crippen LogP contribution in [0.3, 0.4) is 0 Å². The van der Waals surface area contributed by atoms with Crippen molar-refractivity contribution >= 4 is 51.8 Å². The second-order valence-corrected chi connectivity index (χ2v) is 7.00. The summed E-state index contributed by atoms with van der Waals surface area (Å²) in [5, 5.41) is 6.54. The highest BCUT2D eigenvalue weighted by Crippen LogP contribution is 2.24. The lowest BCUT2D eigenvalue weighted by molar-refractivity contribution is -0.127. The molecule has 0 aliphatic heterocycles. The van der Waals surface area contributed by atoms with Gasteiger partial charge in [-0.05, 0) is 48.3 Å². The summed E-state index contributed by atoms with van der Waals surface area (Å²) in [4.78, 5) is 17.7. The van der Waals surface area contributed by atoms with E-state index in [1.54, 1.807) is 14.1 Å². The minimum atomic E-state index is -0.0628. The zero-order valence-corrected chi connectivity index (χ0v) is 20.0. The van der Waals surface area contributed by atoms with E-state index in [4.69, 9.17) is 4.74 Å². The quantitative estimate of drug-likeness (QED) is 0.302. The highest BCUT2D eigenvalue weighted by molar-refractivity contribution is 14.0. The molecule has 0 aromatic heterocycles. The van der Waals surface area contributed by atoms with Crippen molar-refractivity contribution in [1.82, 2.24) is 15.5 Å². The minimum Gasteiger partial charge on any atom is -0.488 e. The van der Waals surface area contributed by atoms with Gasteiger partial charge in [-0.15, -0.1) is 24.0 Å². The Morgan fingerprint density at radius 1 is 1.31 bits per heavy atom. The summed E-state index contributed by atoms with van der Waals surface area (Å²) < 4.78 is 6.84. The fourth-order valence-corrected chi connectivity index (χ4v) is 2.19. The van der Waals surface area contributed by atoms with E-state index in [2.05, 4.69) is 45.4 Å². The molecule has 0 spiro atoms. The Balaban J connectivity index is 0.00000625. The average molecular weight is 541 g/mol. The third-order valence-corrected chi connectivity index (χ3v) is 4.24. The molecule has 6 nitrogen and oxygen atoms in total. The number of nitrogens with one attached hydrogen (secondary N) is 2. The van der Waals surface area contributed by atoms with Gasteiger partial charge >= 0.3 is 0 Å². The van der Waals surface area contributed by atoms with Gasteiger partial charge in [0.25, 0.3) is 0 Å². The van der Waals surface area contributed by atoms with Gasteiger partial charge in [0.05, 0.1) is 11.0 Å². The number of aliphatic imine (C=N–C) groups is 1. The Morgan fingerprint density at radius 3 is 2.54 bits per heavy atom. The largest absolute Gasteiger partial charge is 0.488 e. The van der Waals surface area contributed by atoms with Crippen molar-refractivity contribution in [3.05, 3.63) is 28.7 Å². The number of hydrogen-bond acceptors (Lipinski definition) is 3. The number of para-hydroxylation sites is 1. The van der Waals surface area contributed by atoms with Gasteiger partial charge in [0.1, 0.15) is 18.4 Å². The molecule has 2 unspecified atom stereocenters. The molecule has 1 amide bonds. The monoisotopic (exact) mass is 540 g/mol. The van der Waals surface area contributed by atoms with Gasteiger partial charge in [-0.1, -0.05) is 19.1 Å². The molecule has 0 saturated heterocycles. The van der Waals surface area contributed by atoms with E-state index in [0.29, 0.717) is 12.5 Å². The number of carbonyl (C=O) groups excluding carboxylic acids is 1. The lowest BCUT2D eigenvalue weighted by atomic mass is 10.3. The molecule has 2 N–H and O–H groups in total. The summed E-state index contributed by atoms with van der Waals surface area (Å²) in [6.45, 7) is 6.83. The summed E-state index contributed by atoms with van der Waals surface area (Å²) in [5.41, 5.74) is 0. The number of rotatable bonds is 8. The van der Waals surface area contributed by atoms with Gasteiger partial charge in [0, 0.05) is 20.1 Å². The van der Waals surface area contributed by atoms with Crippen LogP contribution >= 0.6 is 39.9 Å². The maximum atomic E-state index is 11.8. The molecule has 1 aromatic carbocycles. The Morgan fingerprint density at radius 2 is 1.96 bits per heavy atom. The highest BCUT2D eigenvalue weighted by atomic mass is 127. The van der Waals surface area contributed by atoms with Gasteiger partial charge in [-0.3, -0.25) is 4.79 Å². The van der Waals surface area contributed by atoms with Crippen molar-refractivity contribution < 1.29 is 9.53 Å². The second kappa shape index (κ2) is 13.2. The topological polar surface area (TPSA) is 66.0 Å². The Labute approximate surface area is 182 Å². The standard InChI is InChI=1S/C18H29BrN4O2.HI/c1-6-13(2)22-18(21-12-17(24)23(4)5)20-11-14(3)25-16-10-8-7-9-15(16)19;/h7-10,13-14H,6,11-12H2,1-5H3,(H2,20,21,22);1H. The number of ether oxygens (including phenoxy) is 1. The van der Waals surface area contributed by atoms with E-state index in [9.17, 15) is 4.79 Å². The molecule has 0 bridgehead atoms. The zero-order chi connectivity index (χ0) is 18.8. The van der Waals surface area contributed by atoms with Crippen LogP contribution in [0.4, 0.5) is 0 Å². The zero-order valence-electron chi connectivity index (χ0n) is 16.1. The van der Waals surface area contributed by atoms with E-state index in [-0.39, 0.29) is 48.6 Å². The molecular formula is C18H30BrIN4O2. The smallest absolute Gasteiger partial charge is 0.243 e. The summed E-state index contributed by atoms with van der Waals surface area (Å²) in [6.07, 6.45) is 0.901. The van der Waals surface area contributed by atoms with Crippen LogP contribution in [0.5, 0.6) is 5.75 Å². The van der Waals surface area contributed by atoms with E-state index >= 15 is 0 Å². The van der Waals surface area contributed by atoms with E-state index < -0.39 is 0 Å². The van der Waals surface area contributed by atoms with Crippen LogP contribution in [0.25, 0.3) is 0 Å². The number of nitrogens with zero attached hydrogens (tertiary/aromatic N) is 2. The molecular weight excluding hydrogens is 511 g/mol. The normalized spacial score (nSPS) is 13.2. The van der Waals surface area contributed by atoms with Crippen molar-refractivity contribution in [2.45, 2.75) is 39.3 Å². The molecule has 0 aliphatic rings. The maximum Gasteiger partial charge on any atom is 0.243 e. The Hall–Kier alpha value is -1.03. The second-order valence-electron chi connectivity index (χ2n) is 6.15. The number of halogens is 2. The number of likely N-dealkylation sites (N-methyl/N-ethyl adjacent to an activating group) is 1. The van der Waals surface area contributed by atoms with Crippen molar-refractivity contribution in [3.8, 4) is 5.75 Å². The van der Waals surface area contributed by atoms with Crippen molar-refractivity contribution in [2.75, 3.05) is 27.2 Å². The first-order valence-electron chi connectivity index (χ1n) is 8.49. The number of benzene rings is 1. The minimum absolute atomic E-state index is 0. The predicted molar refractivity (Wildman–Crippen MR) is 122 cm³/mol. The summed E-state index contributed by atoms with van der Waals surface area (Å²) in [7, 11) is 3.45. The first kappa shape index (κ1) is 25.0. The van der Waals surface area contributed by atoms with Crippen LogP contribution in [0.15, 0.2) is 33.7 Å². The number of guanidine groups is 1. The summed E-state index contributed by atoms with van der Waals surface area (Å²) in [5.74, 6) is 1.38. The van der Waals surface area contributed by atoms with Crippen LogP contribution in [0.1, 0.15) is 27.2 Å². The molecule has 26 heavy (non-hydrogen) atoms. The molecule has 0 saturated carbocycles. The van der Waals surface area contributed by atoms with Crippen LogP contribution < -0.4 is 15.4 Å². The lowest BCUT2D eigenvalue weighted by Gasteiger charge is -2.21. The third kappa shape index (κ3) is 9.61. The Kier molecular flexibility index (Phi) is 12.7.